The number of hydrogen-bond donors (Lipinski definition) is 1. The molecule has 0 bridgehead atoms. The lowest BCUT2D eigenvalue weighted by atomic mass is 10.1. The minimum absolute atomic E-state index is 0.106. The molecule has 0 atom stereocenters. The Morgan fingerprint density at radius 2 is 1.81 bits per heavy atom. The summed E-state index contributed by atoms with van der Waals surface area (Å²) in [5.41, 5.74) is 4.20. The maximum Gasteiger partial charge on any atom is 0.322 e. The van der Waals surface area contributed by atoms with Crippen LogP contribution in [0.2, 0.25) is 5.02 Å². The molecule has 1 saturated heterocycles. The number of hydrogen-bond acceptors (Lipinski definition) is 3. The van der Waals surface area contributed by atoms with Crippen LogP contribution < -0.4 is 10.1 Å². The van der Waals surface area contributed by atoms with E-state index in [9.17, 15) is 4.79 Å². The smallest absolute Gasteiger partial charge is 0.322 e. The number of benzene rings is 2. The van der Waals surface area contributed by atoms with E-state index in [0.717, 1.165) is 25.2 Å². The van der Waals surface area contributed by atoms with Gasteiger partial charge in [-0.15, -0.1) is 0 Å². The van der Waals surface area contributed by atoms with Crippen molar-refractivity contribution in [2.45, 2.75) is 20.4 Å². The third kappa shape index (κ3) is 4.73. The van der Waals surface area contributed by atoms with Crippen LogP contribution >= 0.6 is 11.6 Å². The number of nitrogens with zero attached hydrogens (tertiary/aromatic N) is 2. The van der Waals surface area contributed by atoms with Gasteiger partial charge in [0.15, 0.2) is 0 Å². The minimum Gasteiger partial charge on any atom is -0.495 e. The lowest BCUT2D eigenvalue weighted by molar-refractivity contribution is 0.143. The molecule has 0 radical (unpaired) electrons. The first kappa shape index (κ1) is 19.5. The summed E-state index contributed by atoms with van der Waals surface area (Å²) in [4.78, 5) is 16.9. The largest absolute Gasteiger partial charge is 0.495 e. The second-order valence-corrected chi connectivity index (χ2v) is 7.33. The van der Waals surface area contributed by atoms with Gasteiger partial charge in [-0.3, -0.25) is 4.90 Å². The van der Waals surface area contributed by atoms with Crippen LogP contribution in [0.5, 0.6) is 5.75 Å². The van der Waals surface area contributed by atoms with Crippen LogP contribution in [0.25, 0.3) is 0 Å². The summed E-state index contributed by atoms with van der Waals surface area (Å²) in [5.74, 6) is 0.567. The lowest BCUT2D eigenvalue weighted by Crippen LogP contribution is -2.49. The van der Waals surface area contributed by atoms with Gasteiger partial charge in [0.2, 0.25) is 0 Å². The first-order chi connectivity index (χ1) is 13.0. The van der Waals surface area contributed by atoms with Gasteiger partial charge in [-0.2, -0.15) is 0 Å². The van der Waals surface area contributed by atoms with Gasteiger partial charge >= 0.3 is 6.03 Å². The third-order valence-corrected chi connectivity index (χ3v) is 5.44. The number of amides is 2. The van der Waals surface area contributed by atoms with Gasteiger partial charge in [0.05, 0.1) is 12.8 Å². The van der Waals surface area contributed by atoms with Crippen LogP contribution in [-0.2, 0) is 6.54 Å². The van der Waals surface area contributed by atoms with Crippen molar-refractivity contribution in [2.24, 2.45) is 0 Å². The molecule has 6 heteroatoms. The Morgan fingerprint density at radius 1 is 1.11 bits per heavy atom. The van der Waals surface area contributed by atoms with E-state index in [0.29, 0.717) is 29.5 Å². The minimum atomic E-state index is -0.106. The summed E-state index contributed by atoms with van der Waals surface area (Å²) < 4.78 is 5.34. The molecule has 144 valence electrons. The SMILES string of the molecule is COc1cc(Cl)c(C)cc1NC(=O)N1CCN(Cc2ccccc2C)CC1. The van der Waals surface area contributed by atoms with Gasteiger partial charge in [0.1, 0.15) is 5.75 Å². The number of piperazine rings is 1. The van der Waals surface area contributed by atoms with Crippen LogP contribution in [0.3, 0.4) is 0 Å². The molecule has 2 amide bonds. The maximum atomic E-state index is 12.7. The molecule has 27 heavy (non-hydrogen) atoms. The zero-order valence-corrected chi connectivity index (χ0v) is 16.8. The Labute approximate surface area is 165 Å². The van der Waals surface area contributed by atoms with Crippen molar-refractivity contribution in [2.75, 3.05) is 38.6 Å². The molecule has 0 aromatic heterocycles. The highest BCUT2D eigenvalue weighted by atomic mass is 35.5. The van der Waals surface area contributed by atoms with E-state index in [2.05, 4.69) is 41.4 Å². The molecule has 1 aliphatic heterocycles. The Hall–Kier alpha value is -2.24. The highest BCUT2D eigenvalue weighted by Gasteiger charge is 2.22. The van der Waals surface area contributed by atoms with Crippen molar-refractivity contribution < 1.29 is 9.53 Å². The van der Waals surface area contributed by atoms with E-state index in [-0.39, 0.29) is 6.03 Å². The second kappa shape index (κ2) is 8.63. The predicted molar refractivity (Wildman–Crippen MR) is 110 cm³/mol. The van der Waals surface area contributed by atoms with E-state index < -0.39 is 0 Å². The first-order valence-electron chi connectivity index (χ1n) is 9.15. The zero-order chi connectivity index (χ0) is 19.4. The molecule has 1 aliphatic rings. The average Bonchev–Trinajstić information content (AvgIpc) is 2.67. The van der Waals surface area contributed by atoms with Crippen LogP contribution in [0, 0.1) is 13.8 Å². The van der Waals surface area contributed by atoms with Crippen molar-refractivity contribution >= 4 is 23.3 Å². The third-order valence-electron chi connectivity index (χ3n) is 5.04. The molecule has 2 aromatic rings. The number of aryl methyl sites for hydroxylation is 2. The lowest BCUT2D eigenvalue weighted by Gasteiger charge is -2.35. The molecule has 5 nitrogen and oxygen atoms in total. The quantitative estimate of drug-likeness (QED) is 0.849. The zero-order valence-electron chi connectivity index (χ0n) is 16.1. The van der Waals surface area contributed by atoms with Gasteiger partial charge in [0.25, 0.3) is 0 Å². The second-order valence-electron chi connectivity index (χ2n) is 6.92. The van der Waals surface area contributed by atoms with Crippen LogP contribution in [-0.4, -0.2) is 49.1 Å². The van der Waals surface area contributed by atoms with Crippen molar-refractivity contribution in [1.29, 1.82) is 0 Å². The number of rotatable bonds is 4. The Bertz CT molecular complexity index is 817. The molecule has 3 rings (SSSR count). The maximum absolute atomic E-state index is 12.7. The fourth-order valence-electron chi connectivity index (χ4n) is 3.26. The number of anilines is 1. The normalized spacial score (nSPS) is 14.9. The number of nitrogens with one attached hydrogen (secondary N) is 1. The highest BCUT2D eigenvalue weighted by molar-refractivity contribution is 6.31. The molecule has 0 aliphatic carbocycles. The molecule has 0 unspecified atom stereocenters. The van der Waals surface area contributed by atoms with E-state index >= 15 is 0 Å². The van der Waals surface area contributed by atoms with E-state index in [1.165, 1.54) is 11.1 Å². The monoisotopic (exact) mass is 387 g/mol. The number of urea groups is 1. The van der Waals surface area contributed by atoms with Crippen LogP contribution in [0.1, 0.15) is 16.7 Å². The van der Waals surface area contributed by atoms with Crippen molar-refractivity contribution in [1.82, 2.24) is 9.80 Å². The van der Waals surface area contributed by atoms with Crippen molar-refractivity contribution in [3.05, 3.63) is 58.1 Å². The number of ether oxygens (including phenoxy) is 1. The van der Waals surface area contributed by atoms with Gasteiger partial charge in [-0.05, 0) is 36.6 Å². The van der Waals surface area contributed by atoms with Crippen molar-refractivity contribution in [3.63, 3.8) is 0 Å². The Morgan fingerprint density at radius 3 is 2.48 bits per heavy atom. The Balaban J connectivity index is 1.57. The summed E-state index contributed by atoms with van der Waals surface area (Å²) in [7, 11) is 1.57. The Kier molecular flexibility index (Phi) is 6.24. The molecule has 1 N–H and O–H groups in total. The topological polar surface area (TPSA) is 44.8 Å². The predicted octanol–water partition coefficient (Wildman–Crippen LogP) is 4.32. The summed E-state index contributed by atoms with van der Waals surface area (Å²) in [6.45, 7) is 8.09. The molecular weight excluding hydrogens is 362 g/mol. The average molecular weight is 388 g/mol. The number of halogens is 1. The number of methoxy groups -OCH3 is 1. The fraction of sp³-hybridized carbons (Fsp3) is 0.381. The van der Waals surface area contributed by atoms with Crippen molar-refractivity contribution in [3.8, 4) is 5.75 Å². The van der Waals surface area contributed by atoms with E-state index in [1.54, 1.807) is 13.2 Å². The summed E-state index contributed by atoms with van der Waals surface area (Å²) in [6.07, 6.45) is 0. The van der Waals surface area contributed by atoms with Gasteiger partial charge < -0.3 is 15.0 Å². The first-order valence-corrected chi connectivity index (χ1v) is 9.52. The molecule has 1 fully saturated rings. The molecule has 0 spiro atoms. The van der Waals surface area contributed by atoms with Crippen LogP contribution in [0.15, 0.2) is 36.4 Å². The molecular formula is C21H26ClN3O2. The standard InChI is InChI=1S/C21H26ClN3O2/c1-15-6-4-5-7-17(15)14-24-8-10-25(11-9-24)21(26)23-19-12-16(2)18(22)13-20(19)27-3/h4-7,12-13H,8-11,14H2,1-3H3,(H,23,26). The van der Waals surface area contributed by atoms with E-state index in [1.807, 2.05) is 17.9 Å². The summed E-state index contributed by atoms with van der Waals surface area (Å²) in [5, 5.41) is 3.58. The van der Waals surface area contributed by atoms with E-state index in [4.69, 9.17) is 16.3 Å². The number of carbonyl (C=O) groups is 1. The van der Waals surface area contributed by atoms with Crippen LogP contribution in [0.4, 0.5) is 10.5 Å². The fourth-order valence-corrected chi connectivity index (χ4v) is 3.42. The van der Waals surface area contributed by atoms with Gasteiger partial charge in [0, 0.05) is 43.8 Å². The molecule has 2 aromatic carbocycles. The number of carbonyl (C=O) groups excluding carboxylic acids is 1. The van der Waals surface area contributed by atoms with Gasteiger partial charge in [-0.25, -0.2) is 4.79 Å². The van der Waals surface area contributed by atoms with Gasteiger partial charge in [-0.1, -0.05) is 35.9 Å². The molecule has 0 saturated carbocycles. The summed E-state index contributed by atoms with van der Waals surface area (Å²) >= 11 is 6.13. The molecule has 1 heterocycles. The highest BCUT2D eigenvalue weighted by Crippen LogP contribution is 2.31. The summed E-state index contributed by atoms with van der Waals surface area (Å²) in [6, 6.07) is 11.9.